The Morgan fingerprint density at radius 3 is 2.80 bits per heavy atom. The van der Waals surface area contributed by atoms with Gasteiger partial charge in [0, 0.05) is 23.5 Å². The second-order valence-electron chi connectivity index (χ2n) is 7.75. The van der Waals surface area contributed by atoms with Crippen molar-refractivity contribution in [2.24, 2.45) is 0 Å². The van der Waals surface area contributed by atoms with E-state index in [1.165, 1.54) is 6.26 Å². The maximum Gasteiger partial charge on any atom is 0.227 e. The molecule has 0 unspecified atom stereocenters. The molecule has 0 spiro atoms. The standard InChI is InChI=1S/C22H25N3O4S/c1-30(27,28)14-15-4-2-6-17(12-15)24-22-23-13-16-5-3-7-20(21(16)25-22)29-19-10-8-18(26)9-11-19/h2-7,12-13,18-19,26H,8-11,14H2,1H3,(H,23,24,25)/i7D. The molecule has 0 radical (unpaired) electrons. The van der Waals surface area contributed by atoms with Gasteiger partial charge < -0.3 is 15.2 Å². The summed E-state index contributed by atoms with van der Waals surface area (Å²) in [6.45, 7) is 0. The average Bonchev–Trinajstić information content (AvgIpc) is 2.71. The molecular weight excluding hydrogens is 402 g/mol. The topological polar surface area (TPSA) is 101 Å². The molecule has 0 atom stereocenters. The van der Waals surface area contributed by atoms with Crippen LogP contribution in [-0.4, -0.2) is 42.0 Å². The van der Waals surface area contributed by atoms with Gasteiger partial charge in [0.05, 0.1) is 19.3 Å². The van der Waals surface area contributed by atoms with Gasteiger partial charge in [-0.3, -0.25) is 0 Å². The maximum absolute atomic E-state index is 11.6. The van der Waals surface area contributed by atoms with E-state index in [2.05, 4.69) is 15.3 Å². The molecule has 7 nitrogen and oxygen atoms in total. The summed E-state index contributed by atoms with van der Waals surface area (Å²) in [6, 6.07) is 10.8. The van der Waals surface area contributed by atoms with Crippen molar-refractivity contribution in [3.63, 3.8) is 0 Å². The number of ether oxygens (including phenoxy) is 1. The number of para-hydroxylation sites is 1. The predicted molar refractivity (Wildman–Crippen MR) is 117 cm³/mol. The molecule has 8 heteroatoms. The van der Waals surface area contributed by atoms with Gasteiger partial charge in [-0.2, -0.15) is 0 Å². The number of fused-ring (bicyclic) bond motifs is 1. The summed E-state index contributed by atoms with van der Waals surface area (Å²) >= 11 is 0. The molecule has 1 saturated carbocycles. The molecule has 1 aromatic heterocycles. The van der Waals surface area contributed by atoms with E-state index < -0.39 is 9.84 Å². The van der Waals surface area contributed by atoms with E-state index in [1.807, 2.05) is 6.07 Å². The third kappa shape index (κ3) is 5.25. The van der Waals surface area contributed by atoms with Crippen molar-refractivity contribution in [2.75, 3.05) is 11.6 Å². The van der Waals surface area contributed by atoms with Crippen LogP contribution in [0.15, 0.2) is 48.6 Å². The van der Waals surface area contributed by atoms with Crippen LogP contribution in [0.2, 0.25) is 0 Å². The minimum atomic E-state index is -3.14. The Morgan fingerprint density at radius 1 is 1.23 bits per heavy atom. The summed E-state index contributed by atoms with van der Waals surface area (Å²) in [6.07, 6.45) is 5.38. The number of anilines is 2. The molecule has 0 amide bonds. The SMILES string of the molecule is [2H]c1ccc2cnc(Nc3cccc(CS(C)(=O)=O)c3)nc2c1OC1CCC(O)CC1. The van der Waals surface area contributed by atoms with Crippen LogP contribution in [0, 0.1) is 0 Å². The van der Waals surface area contributed by atoms with Crippen molar-refractivity contribution in [3.8, 4) is 5.75 Å². The smallest absolute Gasteiger partial charge is 0.227 e. The van der Waals surface area contributed by atoms with Gasteiger partial charge in [-0.1, -0.05) is 24.3 Å². The molecular formula is C22H25N3O4S. The number of aliphatic hydroxyl groups excluding tert-OH is 1. The number of aliphatic hydroxyl groups is 1. The maximum atomic E-state index is 11.6. The Bertz CT molecular complexity index is 1190. The summed E-state index contributed by atoms with van der Waals surface area (Å²) in [7, 11) is -3.14. The minimum Gasteiger partial charge on any atom is -0.488 e. The summed E-state index contributed by atoms with van der Waals surface area (Å²) < 4.78 is 37.6. The Kier molecular flexibility index (Phi) is 5.50. The minimum absolute atomic E-state index is 0.0443. The third-order valence-electron chi connectivity index (χ3n) is 5.05. The number of benzene rings is 2. The van der Waals surface area contributed by atoms with Gasteiger partial charge in [-0.15, -0.1) is 0 Å². The van der Waals surface area contributed by atoms with E-state index in [0.717, 1.165) is 18.2 Å². The zero-order chi connectivity index (χ0) is 22.0. The molecule has 2 aromatic carbocycles. The van der Waals surface area contributed by atoms with Crippen LogP contribution in [0.3, 0.4) is 0 Å². The molecule has 1 heterocycles. The van der Waals surface area contributed by atoms with Crippen molar-refractivity contribution in [1.82, 2.24) is 9.97 Å². The van der Waals surface area contributed by atoms with Crippen LogP contribution in [-0.2, 0) is 15.6 Å². The first-order chi connectivity index (χ1) is 14.8. The van der Waals surface area contributed by atoms with Crippen LogP contribution in [0.4, 0.5) is 11.6 Å². The lowest BCUT2D eigenvalue weighted by molar-refractivity contribution is 0.0672. The van der Waals surface area contributed by atoms with E-state index in [1.54, 1.807) is 36.5 Å². The molecule has 1 fully saturated rings. The Labute approximate surface area is 177 Å². The van der Waals surface area contributed by atoms with Crippen LogP contribution in [0.5, 0.6) is 5.75 Å². The van der Waals surface area contributed by atoms with Gasteiger partial charge in [0.1, 0.15) is 11.3 Å². The highest BCUT2D eigenvalue weighted by Gasteiger charge is 2.21. The molecule has 2 N–H and O–H groups in total. The Hall–Kier alpha value is -2.71. The average molecular weight is 429 g/mol. The molecule has 0 saturated heterocycles. The lowest BCUT2D eigenvalue weighted by atomic mass is 9.95. The molecule has 0 bridgehead atoms. The fourth-order valence-corrected chi connectivity index (χ4v) is 4.41. The molecule has 1 aliphatic carbocycles. The first-order valence-corrected chi connectivity index (χ1v) is 12.0. The van der Waals surface area contributed by atoms with E-state index in [9.17, 15) is 13.5 Å². The van der Waals surface area contributed by atoms with Crippen molar-refractivity contribution in [3.05, 3.63) is 54.2 Å². The first kappa shape index (κ1) is 19.3. The van der Waals surface area contributed by atoms with Crippen LogP contribution in [0.1, 0.15) is 32.6 Å². The van der Waals surface area contributed by atoms with Crippen molar-refractivity contribution < 1.29 is 19.6 Å². The van der Waals surface area contributed by atoms with E-state index in [4.69, 9.17) is 6.11 Å². The van der Waals surface area contributed by atoms with Gasteiger partial charge in [0.2, 0.25) is 5.95 Å². The summed E-state index contributed by atoms with van der Waals surface area (Å²) in [5.41, 5.74) is 1.89. The number of aromatic nitrogens is 2. The van der Waals surface area contributed by atoms with E-state index in [-0.39, 0.29) is 24.0 Å². The Morgan fingerprint density at radius 2 is 2.03 bits per heavy atom. The normalized spacial score (nSPS) is 20.0. The number of nitrogens with one attached hydrogen (secondary N) is 1. The zero-order valence-electron chi connectivity index (χ0n) is 17.7. The Balaban J connectivity index is 1.61. The third-order valence-corrected chi connectivity index (χ3v) is 5.91. The number of hydrogen-bond acceptors (Lipinski definition) is 7. The van der Waals surface area contributed by atoms with Crippen LogP contribution in [0.25, 0.3) is 10.9 Å². The number of hydrogen-bond donors (Lipinski definition) is 2. The molecule has 158 valence electrons. The predicted octanol–water partition coefficient (Wildman–Crippen LogP) is 3.60. The van der Waals surface area contributed by atoms with E-state index in [0.29, 0.717) is 41.3 Å². The summed E-state index contributed by atoms with van der Waals surface area (Å²) in [5.74, 6) is 0.700. The fraction of sp³-hybridized carbons (Fsp3) is 0.364. The van der Waals surface area contributed by atoms with Crippen LogP contribution >= 0.6 is 0 Å². The highest BCUT2D eigenvalue weighted by molar-refractivity contribution is 7.89. The molecule has 4 rings (SSSR count). The number of sulfone groups is 1. The molecule has 0 aliphatic heterocycles. The molecule has 1 aliphatic rings. The largest absolute Gasteiger partial charge is 0.488 e. The van der Waals surface area contributed by atoms with Gasteiger partial charge >= 0.3 is 0 Å². The van der Waals surface area contributed by atoms with Gasteiger partial charge in [-0.25, -0.2) is 18.4 Å². The second kappa shape index (κ2) is 8.57. The molecule has 30 heavy (non-hydrogen) atoms. The fourth-order valence-electron chi connectivity index (χ4n) is 3.62. The highest BCUT2D eigenvalue weighted by atomic mass is 32.2. The number of nitrogens with zero attached hydrogens (tertiary/aromatic N) is 2. The lowest BCUT2D eigenvalue weighted by Crippen LogP contribution is -2.26. The van der Waals surface area contributed by atoms with Crippen molar-refractivity contribution in [1.29, 1.82) is 0 Å². The quantitative estimate of drug-likeness (QED) is 0.618. The van der Waals surface area contributed by atoms with Gasteiger partial charge in [0.15, 0.2) is 9.84 Å². The van der Waals surface area contributed by atoms with Crippen molar-refractivity contribution >= 4 is 32.4 Å². The van der Waals surface area contributed by atoms with Crippen LogP contribution < -0.4 is 10.1 Å². The zero-order valence-corrected chi connectivity index (χ0v) is 17.5. The number of rotatable bonds is 6. The molecule has 3 aromatic rings. The van der Waals surface area contributed by atoms with E-state index >= 15 is 0 Å². The first-order valence-electron chi connectivity index (χ1n) is 10.4. The summed E-state index contributed by atoms with van der Waals surface area (Å²) in [4.78, 5) is 8.92. The second-order valence-corrected chi connectivity index (χ2v) is 9.89. The van der Waals surface area contributed by atoms with Gasteiger partial charge in [-0.05, 0) is 49.4 Å². The lowest BCUT2D eigenvalue weighted by Gasteiger charge is -2.26. The van der Waals surface area contributed by atoms with Crippen molar-refractivity contribution in [2.45, 2.75) is 43.6 Å². The van der Waals surface area contributed by atoms with Gasteiger partial charge in [0.25, 0.3) is 0 Å². The monoisotopic (exact) mass is 428 g/mol. The summed E-state index contributed by atoms with van der Waals surface area (Å²) in [5, 5.41) is 13.6. The highest BCUT2D eigenvalue weighted by Crippen LogP contribution is 2.29.